The fourth-order valence-corrected chi connectivity index (χ4v) is 3.28. The minimum absolute atomic E-state index is 0.0475. The molecule has 0 heterocycles. The Kier molecular flexibility index (Phi) is 4.41. The van der Waals surface area contributed by atoms with Crippen LogP contribution in [0.4, 0.5) is 5.69 Å². The summed E-state index contributed by atoms with van der Waals surface area (Å²) in [4.78, 5) is 12.6. The normalized spacial score (nSPS) is 15.0. The number of carbonyl (C=O) groups is 1. The standard InChI is InChI=1S/C19H21ClN2O2/c1-12-5-3-4-6-14(12)19(7-8-19)11-22-18(23)13-9-15(20)16(21)10-17(13)24-2/h3-6,9-10H,7-8,11,21H2,1-2H3,(H,22,23). The van der Waals surface area contributed by atoms with Gasteiger partial charge in [-0.05, 0) is 37.0 Å². The summed E-state index contributed by atoms with van der Waals surface area (Å²) in [5.74, 6) is 0.226. The molecule has 0 aliphatic heterocycles. The molecule has 0 radical (unpaired) electrons. The van der Waals surface area contributed by atoms with Gasteiger partial charge in [0.05, 0.1) is 23.4 Å². The summed E-state index contributed by atoms with van der Waals surface area (Å²) < 4.78 is 5.25. The van der Waals surface area contributed by atoms with Gasteiger partial charge in [0.15, 0.2) is 0 Å². The number of aryl methyl sites for hydroxylation is 1. The van der Waals surface area contributed by atoms with Crippen molar-refractivity contribution in [1.82, 2.24) is 5.32 Å². The number of rotatable bonds is 5. The van der Waals surface area contributed by atoms with Gasteiger partial charge < -0.3 is 15.8 Å². The molecule has 126 valence electrons. The number of halogens is 1. The van der Waals surface area contributed by atoms with Crippen molar-refractivity contribution in [3.8, 4) is 5.75 Å². The van der Waals surface area contributed by atoms with Crippen LogP contribution >= 0.6 is 11.6 Å². The fourth-order valence-electron chi connectivity index (χ4n) is 3.12. The van der Waals surface area contributed by atoms with Crippen LogP contribution in [0, 0.1) is 6.92 Å². The predicted molar refractivity (Wildman–Crippen MR) is 96.8 cm³/mol. The Balaban J connectivity index is 1.77. The lowest BCUT2D eigenvalue weighted by Crippen LogP contribution is -2.32. The van der Waals surface area contributed by atoms with E-state index >= 15 is 0 Å². The zero-order valence-corrected chi connectivity index (χ0v) is 14.6. The molecule has 0 unspecified atom stereocenters. The lowest BCUT2D eigenvalue weighted by Gasteiger charge is -2.19. The van der Waals surface area contributed by atoms with Crippen molar-refractivity contribution in [1.29, 1.82) is 0 Å². The Hall–Kier alpha value is -2.20. The lowest BCUT2D eigenvalue weighted by atomic mass is 9.92. The monoisotopic (exact) mass is 344 g/mol. The van der Waals surface area contributed by atoms with Gasteiger partial charge >= 0.3 is 0 Å². The molecule has 3 N–H and O–H groups in total. The molecule has 5 heteroatoms. The van der Waals surface area contributed by atoms with Crippen LogP contribution in [-0.2, 0) is 5.41 Å². The number of carbonyl (C=O) groups excluding carboxylic acids is 1. The Labute approximate surface area is 147 Å². The molecule has 1 aliphatic carbocycles. The third-order valence-electron chi connectivity index (χ3n) is 4.72. The maximum absolute atomic E-state index is 12.6. The number of methoxy groups -OCH3 is 1. The molecule has 0 spiro atoms. The summed E-state index contributed by atoms with van der Waals surface area (Å²) in [5.41, 5.74) is 9.18. The van der Waals surface area contributed by atoms with Crippen LogP contribution in [0.3, 0.4) is 0 Å². The number of nitrogens with two attached hydrogens (primary N) is 1. The van der Waals surface area contributed by atoms with Crippen molar-refractivity contribution in [3.05, 3.63) is 58.1 Å². The fraction of sp³-hybridized carbons (Fsp3) is 0.316. The Morgan fingerprint density at radius 2 is 2.04 bits per heavy atom. The largest absolute Gasteiger partial charge is 0.496 e. The summed E-state index contributed by atoms with van der Waals surface area (Å²) in [6.07, 6.45) is 2.16. The number of benzene rings is 2. The van der Waals surface area contributed by atoms with E-state index in [0.717, 1.165) is 12.8 Å². The highest BCUT2D eigenvalue weighted by Gasteiger charge is 2.45. The molecule has 3 rings (SSSR count). The van der Waals surface area contributed by atoms with E-state index in [2.05, 4.69) is 24.4 Å². The van der Waals surface area contributed by atoms with Crippen LogP contribution in [-0.4, -0.2) is 19.6 Å². The van der Waals surface area contributed by atoms with Crippen LogP contribution in [0.25, 0.3) is 0 Å². The van der Waals surface area contributed by atoms with Crippen LogP contribution in [0.1, 0.15) is 34.3 Å². The predicted octanol–water partition coefficient (Wildman–Crippen LogP) is 3.70. The molecule has 2 aromatic rings. The van der Waals surface area contributed by atoms with E-state index in [1.807, 2.05) is 12.1 Å². The minimum Gasteiger partial charge on any atom is -0.496 e. The number of hydrogen-bond acceptors (Lipinski definition) is 3. The highest BCUT2D eigenvalue weighted by atomic mass is 35.5. The van der Waals surface area contributed by atoms with Gasteiger partial charge in [0.25, 0.3) is 5.91 Å². The number of ether oxygens (including phenoxy) is 1. The van der Waals surface area contributed by atoms with Gasteiger partial charge in [0.2, 0.25) is 0 Å². The minimum atomic E-state index is -0.200. The Morgan fingerprint density at radius 3 is 2.67 bits per heavy atom. The Bertz CT molecular complexity index is 785. The first-order valence-electron chi connectivity index (χ1n) is 7.94. The van der Waals surface area contributed by atoms with Crippen molar-refractivity contribution in [2.45, 2.75) is 25.2 Å². The molecule has 0 aromatic heterocycles. The smallest absolute Gasteiger partial charge is 0.255 e. The zero-order chi connectivity index (χ0) is 17.3. The molecule has 1 aliphatic rings. The summed E-state index contributed by atoms with van der Waals surface area (Å²) in [6, 6.07) is 11.5. The van der Waals surface area contributed by atoms with Crippen molar-refractivity contribution in [3.63, 3.8) is 0 Å². The van der Waals surface area contributed by atoms with Crippen LogP contribution in [0.5, 0.6) is 5.75 Å². The van der Waals surface area contributed by atoms with Crippen molar-refractivity contribution >= 4 is 23.2 Å². The lowest BCUT2D eigenvalue weighted by molar-refractivity contribution is 0.0946. The molecule has 24 heavy (non-hydrogen) atoms. The second-order valence-electron chi connectivity index (χ2n) is 6.35. The van der Waals surface area contributed by atoms with Gasteiger partial charge in [-0.25, -0.2) is 0 Å². The first kappa shape index (κ1) is 16.7. The number of nitrogens with one attached hydrogen (secondary N) is 1. The van der Waals surface area contributed by atoms with E-state index in [-0.39, 0.29) is 11.3 Å². The van der Waals surface area contributed by atoms with Gasteiger partial charge in [-0.15, -0.1) is 0 Å². The van der Waals surface area contributed by atoms with E-state index in [4.69, 9.17) is 22.1 Å². The first-order valence-corrected chi connectivity index (χ1v) is 8.32. The summed E-state index contributed by atoms with van der Waals surface area (Å²) in [5, 5.41) is 3.38. The molecule has 2 aromatic carbocycles. The quantitative estimate of drug-likeness (QED) is 0.813. The number of anilines is 1. The van der Waals surface area contributed by atoms with Crippen molar-refractivity contribution in [2.24, 2.45) is 0 Å². The van der Waals surface area contributed by atoms with Gasteiger partial charge in [-0.1, -0.05) is 35.9 Å². The summed E-state index contributed by atoms with van der Waals surface area (Å²) in [6.45, 7) is 2.71. The molecule has 0 saturated heterocycles. The molecule has 0 atom stereocenters. The van der Waals surface area contributed by atoms with E-state index in [9.17, 15) is 4.79 Å². The van der Waals surface area contributed by atoms with Crippen LogP contribution in [0.2, 0.25) is 5.02 Å². The zero-order valence-electron chi connectivity index (χ0n) is 13.9. The summed E-state index contributed by atoms with van der Waals surface area (Å²) >= 11 is 6.05. The molecule has 1 amide bonds. The maximum Gasteiger partial charge on any atom is 0.255 e. The van der Waals surface area contributed by atoms with E-state index < -0.39 is 0 Å². The number of nitrogen functional groups attached to an aromatic ring is 1. The topological polar surface area (TPSA) is 64.3 Å². The van der Waals surface area contributed by atoms with Gasteiger partial charge in [0, 0.05) is 18.0 Å². The second-order valence-corrected chi connectivity index (χ2v) is 6.76. The van der Waals surface area contributed by atoms with E-state index in [0.29, 0.717) is 28.6 Å². The SMILES string of the molecule is COc1cc(N)c(Cl)cc1C(=O)NCC1(c2ccccc2C)CC1. The second kappa shape index (κ2) is 6.36. The highest BCUT2D eigenvalue weighted by Crippen LogP contribution is 2.48. The third-order valence-corrected chi connectivity index (χ3v) is 5.05. The van der Waals surface area contributed by atoms with Gasteiger partial charge in [-0.3, -0.25) is 4.79 Å². The molecule has 0 bridgehead atoms. The number of amides is 1. The molecule has 1 saturated carbocycles. The van der Waals surface area contributed by atoms with Gasteiger partial charge in [-0.2, -0.15) is 0 Å². The molecule has 1 fully saturated rings. The Morgan fingerprint density at radius 1 is 1.33 bits per heavy atom. The van der Waals surface area contributed by atoms with Crippen molar-refractivity contribution < 1.29 is 9.53 Å². The third kappa shape index (κ3) is 3.06. The molecular weight excluding hydrogens is 324 g/mol. The van der Waals surface area contributed by atoms with E-state index in [1.54, 1.807) is 12.1 Å². The van der Waals surface area contributed by atoms with Crippen LogP contribution < -0.4 is 15.8 Å². The van der Waals surface area contributed by atoms with Crippen molar-refractivity contribution in [2.75, 3.05) is 19.4 Å². The first-order chi connectivity index (χ1) is 11.5. The molecular formula is C19H21ClN2O2. The number of hydrogen-bond donors (Lipinski definition) is 2. The summed E-state index contributed by atoms with van der Waals surface area (Å²) in [7, 11) is 1.51. The van der Waals surface area contributed by atoms with E-state index in [1.165, 1.54) is 18.2 Å². The highest BCUT2D eigenvalue weighted by molar-refractivity contribution is 6.33. The average Bonchev–Trinajstić information content (AvgIpc) is 3.36. The van der Waals surface area contributed by atoms with Crippen LogP contribution in [0.15, 0.2) is 36.4 Å². The average molecular weight is 345 g/mol. The van der Waals surface area contributed by atoms with Gasteiger partial charge in [0.1, 0.15) is 5.75 Å². The molecule has 4 nitrogen and oxygen atoms in total. The maximum atomic E-state index is 12.6.